The largest absolute Gasteiger partial charge is 0.481 e. The lowest BCUT2D eigenvalue weighted by Crippen LogP contribution is -2.17. The number of hydrogen-bond acceptors (Lipinski definition) is 4. The molecule has 0 spiro atoms. The molecule has 92 valence electrons. The number of terminal acetylenes is 1. The smallest absolute Gasteiger partial charge is 0.344 e. The molecule has 0 heterocycles. The maximum absolute atomic E-state index is 11.5. The summed E-state index contributed by atoms with van der Waals surface area (Å²) in [6.07, 6.45) is 5.08. The molecule has 0 saturated heterocycles. The first-order chi connectivity index (χ1) is 8.58. The molecule has 1 rings (SSSR count). The summed E-state index contributed by atoms with van der Waals surface area (Å²) in [6.45, 7) is 1.74. The number of Topliss-reactive ketones (excluding diaryl/α,β-unsaturated/α-hetero) is 1. The molecule has 0 amide bonds. The summed E-state index contributed by atoms with van der Waals surface area (Å²) in [7, 11) is 1.84. The second-order valence-corrected chi connectivity index (χ2v) is 3.57. The maximum atomic E-state index is 11.5. The Bertz CT molecular complexity index is 502. The molecule has 0 N–H and O–H groups in total. The summed E-state index contributed by atoms with van der Waals surface area (Å²) in [4.78, 5) is 22.7. The average Bonchev–Trinajstić information content (AvgIpc) is 2.36. The van der Waals surface area contributed by atoms with E-state index in [2.05, 4.69) is 0 Å². The molecule has 0 aromatic heterocycles. The Balaban J connectivity index is 2.86. The van der Waals surface area contributed by atoms with E-state index in [1.807, 2.05) is 13.8 Å². The van der Waals surface area contributed by atoms with Crippen LogP contribution in [0.4, 0.5) is 0 Å². The van der Waals surface area contributed by atoms with Crippen molar-refractivity contribution in [3.63, 3.8) is 0 Å². The molecule has 0 saturated carbocycles. The van der Waals surface area contributed by atoms with Crippen molar-refractivity contribution in [1.82, 2.24) is 0 Å². The van der Waals surface area contributed by atoms with Gasteiger partial charge < -0.3 is 9.47 Å². The summed E-state index contributed by atoms with van der Waals surface area (Å²) >= 11 is 0. The van der Waals surface area contributed by atoms with E-state index in [0.29, 0.717) is 0 Å². The zero-order valence-electron chi connectivity index (χ0n) is 10.4. The van der Waals surface area contributed by atoms with Gasteiger partial charge >= 0.3 is 5.97 Å². The molecule has 0 unspecified atom stereocenters. The Morgan fingerprint density at radius 1 is 1.44 bits per heavy atom. The minimum absolute atomic E-state index is 0.248. The topological polar surface area (TPSA) is 52.6 Å². The maximum Gasteiger partial charge on any atom is 0.344 e. The van der Waals surface area contributed by atoms with Crippen LogP contribution in [0.3, 0.4) is 0 Å². The zero-order chi connectivity index (χ0) is 13.5. The molecule has 0 radical (unpaired) electrons. The van der Waals surface area contributed by atoms with E-state index in [-0.39, 0.29) is 24.5 Å². The van der Waals surface area contributed by atoms with E-state index in [0.717, 1.165) is 5.46 Å². The molecule has 0 aliphatic heterocycles. The number of carbonyl (C=O) groups is 2. The lowest BCUT2D eigenvalue weighted by molar-refractivity contribution is -0.145. The van der Waals surface area contributed by atoms with E-state index >= 15 is 0 Å². The standard InChI is InChI=1S/C13H13BO4/c1-3-11(15)10-7-9(14)5-6-12(10)18-8-13(16)17-4-2/h1,5-7H,4,8,14H2,2H3. The van der Waals surface area contributed by atoms with E-state index in [1.54, 1.807) is 25.1 Å². The highest BCUT2D eigenvalue weighted by Crippen LogP contribution is 2.17. The highest BCUT2D eigenvalue weighted by molar-refractivity contribution is 6.33. The van der Waals surface area contributed by atoms with Crippen molar-refractivity contribution in [2.45, 2.75) is 6.92 Å². The quantitative estimate of drug-likeness (QED) is 0.235. The van der Waals surface area contributed by atoms with E-state index in [4.69, 9.17) is 15.9 Å². The summed E-state index contributed by atoms with van der Waals surface area (Å²) in [5, 5.41) is 0. The Morgan fingerprint density at radius 3 is 2.78 bits per heavy atom. The second kappa shape index (κ2) is 6.50. The van der Waals surface area contributed by atoms with Crippen molar-refractivity contribution in [3.8, 4) is 18.1 Å². The number of ketones is 1. The number of ether oxygens (including phenoxy) is 2. The minimum atomic E-state index is -0.489. The molecule has 0 aliphatic rings. The number of carbonyl (C=O) groups excluding carboxylic acids is 2. The SMILES string of the molecule is Bc1ccc(OCC(=O)OCC)c(C(=O)C#C)c1. The van der Waals surface area contributed by atoms with Crippen molar-refractivity contribution in [2.75, 3.05) is 13.2 Å². The Hall–Kier alpha value is -2.22. The van der Waals surface area contributed by atoms with Gasteiger partial charge in [0.05, 0.1) is 12.2 Å². The molecule has 5 heteroatoms. The fourth-order valence-corrected chi connectivity index (χ4v) is 1.36. The van der Waals surface area contributed by atoms with Gasteiger partial charge in [0.2, 0.25) is 5.78 Å². The van der Waals surface area contributed by atoms with Crippen molar-refractivity contribution in [1.29, 1.82) is 0 Å². The predicted molar refractivity (Wildman–Crippen MR) is 69.9 cm³/mol. The summed E-state index contributed by atoms with van der Waals surface area (Å²) in [5.74, 6) is 1.35. The van der Waals surface area contributed by atoms with Gasteiger partial charge in [-0.05, 0) is 18.9 Å². The summed E-state index contributed by atoms with van der Waals surface area (Å²) < 4.78 is 9.96. The molecule has 0 atom stereocenters. The predicted octanol–water partition coefficient (Wildman–Crippen LogP) is -0.297. The molecular formula is C13H13BO4. The van der Waals surface area contributed by atoms with Gasteiger partial charge in [0.15, 0.2) is 6.61 Å². The monoisotopic (exact) mass is 244 g/mol. The van der Waals surface area contributed by atoms with Crippen LogP contribution in [0.1, 0.15) is 17.3 Å². The van der Waals surface area contributed by atoms with Crippen LogP contribution in [0.15, 0.2) is 18.2 Å². The highest BCUT2D eigenvalue weighted by atomic mass is 16.6. The lowest BCUT2D eigenvalue weighted by atomic mass is 9.93. The van der Waals surface area contributed by atoms with Gasteiger partial charge in [-0.15, -0.1) is 6.42 Å². The molecule has 0 bridgehead atoms. The number of benzene rings is 1. The van der Waals surface area contributed by atoms with Crippen molar-refractivity contribution in [3.05, 3.63) is 23.8 Å². The van der Waals surface area contributed by atoms with Crippen LogP contribution < -0.4 is 10.2 Å². The van der Waals surface area contributed by atoms with Crippen molar-refractivity contribution in [2.24, 2.45) is 0 Å². The lowest BCUT2D eigenvalue weighted by Gasteiger charge is -2.09. The Morgan fingerprint density at radius 2 is 2.17 bits per heavy atom. The molecule has 18 heavy (non-hydrogen) atoms. The average molecular weight is 244 g/mol. The second-order valence-electron chi connectivity index (χ2n) is 3.57. The first-order valence-electron chi connectivity index (χ1n) is 5.48. The normalized spacial score (nSPS) is 9.33. The van der Waals surface area contributed by atoms with Crippen molar-refractivity contribution < 1.29 is 19.1 Å². The number of hydrogen-bond donors (Lipinski definition) is 0. The number of rotatable bonds is 5. The first-order valence-corrected chi connectivity index (χ1v) is 5.48. The van der Waals surface area contributed by atoms with Gasteiger partial charge in [-0.1, -0.05) is 17.6 Å². The fourth-order valence-electron chi connectivity index (χ4n) is 1.36. The van der Waals surface area contributed by atoms with Gasteiger partial charge in [0.1, 0.15) is 13.6 Å². The van der Waals surface area contributed by atoms with Crippen LogP contribution in [0.5, 0.6) is 5.75 Å². The van der Waals surface area contributed by atoms with Gasteiger partial charge in [-0.2, -0.15) is 0 Å². The first kappa shape index (κ1) is 13.8. The van der Waals surface area contributed by atoms with Gasteiger partial charge in [-0.25, -0.2) is 4.79 Å². The van der Waals surface area contributed by atoms with Crippen LogP contribution in [0.2, 0.25) is 0 Å². The van der Waals surface area contributed by atoms with E-state index in [1.165, 1.54) is 0 Å². The highest BCUT2D eigenvalue weighted by Gasteiger charge is 2.12. The van der Waals surface area contributed by atoms with E-state index < -0.39 is 11.8 Å². The molecule has 4 nitrogen and oxygen atoms in total. The van der Waals surface area contributed by atoms with Crippen LogP contribution in [-0.2, 0) is 9.53 Å². The molecule has 1 aromatic rings. The van der Waals surface area contributed by atoms with Crippen LogP contribution >= 0.6 is 0 Å². The molecule has 0 fully saturated rings. The summed E-state index contributed by atoms with van der Waals surface area (Å²) in [5.41, 5.74) is 1.17. The molecule has 0 aliphatic carbocycles. The Kier molecular flexibility index (Phi) is 5.00. The van der Waals surface area contributed by atoms with Crippen LogP contribution in [0, 0.1) is 12.3 Å². The fraction of sp³-hybridized carbons (Fsp3) is 0.231. The van der Waals surface area contributed by atoms with Gasteiger partial charge in [0, 0.05) is 0 Å². The van der Waals surface area contributed by atoms with Crippen molar-refractivity contribution >= 4 is 25.1 Å². The van der Waals surface area contributed by atoms with Gasteiger partial charge in [-0.3, -0.25) is 4.79 Å². The molecular weight excluding hydrogens is 231 g/mol. The third-order valence-electron chi connectivity index (χ3n) is 2.16. The Labute approximate surface area is 107 Å². The third-order valence-corrected chi connectivity index (χ3v) is 2.16. The number of esters is 1. The van der Waals surface area contributed by atoms with Crippen LogP contribution in [0.25, 0.3) is 0 Å². The third kappa shape index (κ3) is 3.67. The molecule has 1 aromatic carbocycles. The van der Waals surface area contributed by atoms with E-state index in [9.17, 15) is 9.59 Å². The zero-order valence-corrected chi connectivity index (χ0v) is 10.4. The summed E-state index contributed by atoms with van der Waals surface area (Å²) in [6, 6.07) is 5.01. The van der Waals surface area contributed by atoms with Crippen LogP contribution in [-0.4, -0.2) is 32.8 Å². The van der Waals surface area contributed by atoms with Gasteiger partial charge in [0.25, 0.3) is 0 Å². The minimum Gasteiger partial charge on any atom is -0.481 e.